The molecule has 0 aliphatic heterocycles. The molecule has 0 bridgehead atoms. The van der Waals surface area contributed by atoms with E-state index in [2.05, 4.69) is 232 Å². The van der Waals surface area contributed by atoms with E-state index in [1.54, 1.807) is 0 Å². The first-order valence-corrected chi connectivity index (χ1v) is 18.7. The molecule has 0 aromatic heterocycles. The fourth-order valence-corrected chi connectivity index (χ4v) is 8.36. The molecule has 53 heavy (non-hydrogen) atoms. The summed E-state index contributed by atoms with van der Waals surface area (Å²) in [6.07, 6.45) is 1.10. The fourth-order valence-electron chi connectivity index (χ4n) is 8.36. The molecule has 0 N–H and O–H groups in total. The van der Waals surface area contributed by atoms with E-state index in [0.717, 1.165) is 6.42 Å². The second-order valence-electron chi connectivity index (χ2n) is 14.4. The third kappa shape index (κ3) is 6.32. The lowest BCUT2D eigenvalue weighted by atomic mass is 9.68. The summed E-state index contributed by atoms with van der Waals surface area (Å²) >= 11 is 0. The van der Waals surface area contributed by atoms with Crippen LogP contribution in [0.4, 0.5) is 0 Å². The van der Waals surface area contributed by atoms with Crippen molar-refractivity contribution in [3.8, 4) is 22.3 Å². The highest BCUT2D eigenvalue weighted by atomic mass is 14.5. The summed E-state index contributed by atoms with van der Waals surface area (Å²) in [4.78, 5) is 0. The van der Waals surface area contributed by atoms with E-state index < -0.39 is 0 Å². The summed E-state index contributed by atoms with van der Waals surface area (Å²) in [6.45, 7) is 4.52. The molecule has 2 aliphatic rings. The zero-order chi connectivity index (χ0) is 36.1. The lowest BCUT2D eigenvalue weighted by Gasteiger charge is -2.33. The quantitative estimate of drug-likeness (QED) is 0.174. The molecule has 0 amide bonds. The monoisotopic (exact) mass is 680 g/mol. The van der Waals surface area contributed by atoms with Crippen LogP contribution in [0.5, 0.6) is 0 Å². The minimum Gasteiger partial charge on any atom is -0.0622 e. The molecule has 0 heteroatoms. The lowest BCUT2D eigenvalue weighted by molar-refractivity contribution is 0.641. The molecular weight excluding hydrogens is 637 g/mol. The number of hydrogen-bond acceptors (Lipinski definition) is 0. The number of rotatable bonds is 4. The smallest absolute Gasteiger partial charge is 0.0622 e. The van der Waals surface area contributed by atoms with Gasteiger partial charge in [0.1, 0.15) is 0 Å². The van der Waals surface area contributed by atoms with Crippen LogP contribution in [0, 0.1) is 0 Å². The van der Waals surface area contributed by atoms with E-state index in [0.29, 0.717) is 0 Å². The van der Waals surface area contributed by atoms with Crippen LogP contribution in [0.2, 0.25) is 0 Å². The fraction of sp³-hybridized carbons (Fsp3) is 0.0943. The lowest BCUT2D eigenvalue weighted by Crippen LogP contribution is -2.28. The molecule has 256 valence electrons. The average Bonchev–Trinajstić information content (AvgIpc) is 3.77. The van der Waals surface area contributed by atoms with Gasteiger partial charge >= 0.3 is 0 Å². The van der Waals surface area contributed by atoms with Gasteiger partial charge in [-0.05, 0) is 73.2 Å². The molecule has 10 rings (SSSR count). The van der Waals surface area contributed by atoms with Gasteiger partial charge in [-0.3, -0.25) is 0 Å². The van der Waals surface area contributed by atoms with Crippen LogP contribution in [0.15, 0.2) is 218 Å². The molecule has 8 aromatic carbocycles. The third-order valence-electron chi connectivity index (χ3n) is 11.1. The van der Waals surface area contributed by atoms with Gasteiger partial charge < -0.3 is 0 Å². The Labute approximate surface area is 315 Å². The third-order valence-corrected chi connectivity index (χ3v) is 11.1. The summed E-state index contributed by atoms with van der Waals surface area (Å²) in [5, 5.41) is 0. The molecule has 0 saturated heterocycles. The van der Waals surface area contributed by atoms with E-state index in [1.165, 1.54) is 66.8 Å². The molecule has 0 saturated carbocycles. The van der Waals surface area contributed by atoms with E-state index >= 15 is 0 Å². The molecule has 0 nitrogen and oxygen atoms in total. The molecule has 2 aliphatic carbocycles. The van der Waals surface area contributed by atoms with E-state index in [1.807, 2.05) is 0 Å². The zero-order valence-corrected chi connectivity index (χ0v) is 30.5. The summed E-state index contributed by atoms with van der Waals surface area (Å²) in [5.41, 5.74) is 16.4. The minimum atomic E-state index is -0.254. The van der Waals surface area contributed by atoms with Crippen molar-refractivity contribution in [2.45, 2.75) is 31.1 Å². The highest BCUT2D eigenvalue weighted by Gasteiger charge is 2.45. The topological polar surface area (TPSA) is 0 Å². The Morgan fingerprint density at radius 3 is 1.02 bits per heavy atom. The van der Waals surface area contributed by atoms with Crippen LogP contribution in [0.1, 0.15) is 58.4 Å². The van der Waals surface area contributed by atoms with Gasteiger partial charge in [0, 0.05) is 5.41 Å². The van der Waals surface area contributed by atoms with Crippen LogP contribution in [0.25, 0.3) is 22.3 Å². The number of hydrogen-bond donors (Lipinski definition) is 0. The van der Waals surface area contributed by atoms with Crippen LogP contribution >= 0.6 is 0 Å². The van der Waals surface area contributed by atoms with Crippen LogP contribution in [0.3, 0.4) is 0 Å². The molecular formula is C53H44. The van der Waals surface area contributed by atoms with E-state index in [-0.39, 0.29) is 10.8 Å². The van der Waals surface area contributed by atoms with Gasteiger partial charge in [0.15, 0.2) is 0 Å². The Bertz CT molecular complexity index is 2250. The first-order chi connectivity index (χ1) is 26.1. The number of fused-ring (bicyclic) bond motifs is 6. The Kier molecular flexibility index (Phi) is 9.45. The van der Waals surface area contributed by atoms with Gasteiger partial charge in [0.2, 0.25) is 0 Å². The maximum Gasteiger partial charge on any atom is 0.0713 e. The minimum absolute atomic E-state index is 0.0858. The summed E-state index contributed by atoms with van der Waals surface area (Å²) in [6, 6.07) is 78.0. The molecule has 0 unspecified atom stereocenters. The van der Waals surface area contributed by atoms with Crippen LogP contribution in [-0.4, -0.2) is 0 Å². The molecule has 0 spiro atoms. The van der Waals surface area contributed by atoms with Crippen molar-refractivity contribution in [3.05, 3.63) is 263 Å². The summed E-state index contributed by atoms with van der Waals surface area (Å²) in [7, 11) is 0. The van der Waals surface area contributed by atoms with Crippen molar-refractivity contribution in [1.82, 2.24) is 0 Å². The maximum absolute atomic E-state index is 2.29. The zero-order valence-electron chi connectivity index (χ0n) is 30.5. The Morgan fingerprint density at radius 2 is 0.623 bits per heavy atom. The second kappa shape index (κ2) is 14.8. The molecule has 8 aromatic rings. The van der Waals surface area contributed by atoms with Crippen molar-refractivity contribution in [2.75, 3.05) is 0 Å². The van der Waals surface area contributed by atoms with Gasteiger partial charge in [0.25, 0.3) is 0 Å². The average molecular weight is 681 g/mol. The van der Waals surface area contributed by atoms with Gasteiger partial charge in [-0.25, -0.2) is 0 Å². The van der Waals surface area contributed by atoms with Gasteiger partial charge in [-0.15, -0.1) is 0 Å². The van der Waals surface area contributed by atoms with Crippen LogP contribution < -0.4 is 0 Å². The SMILES string of the molecule is CC(C)(c1ccccc1)c1ccccc1.c1ccc(C2(c3ccccc3)c3ccccc3-c3ccccc32)cc1.c1ccc2c(c1)Cc1ccccc1-2. The van der Waals surface area contributed by atoms with Gasteiger partial charge in [-0.2, -0.15) is 0 Å². The number of benzene rings is 8. The van der Waals surface area contributed by atoms with E-state index in [9.17, 15) is 0 Å². The molecule has 0 atom stereocenters. The first-order valence-electron chi connectivity index (χ1n) is 18.7. The highest BCUT2D eigenvalue weighted by molar-refractivity contribution is 5.86. The predicted molar refractivity (Wildman–Crippen MR) is 223 cm³/mol. The maximum atomic E-state index is 2.29. The Hall–Kier alpha value is -6.24. The normalized spacial score (nSPS) is 12.8. The second-order valence-corrected chi connectivity index (χ2v) is 14.4. The standard InChI is InChI=1S/C25H18.C15H16.C13H10/c1-3-11-19(12-4-1)25(20-13-5-2-6-14-20)23-17-9-7-15-21(23)22-16-8-10-18-24(22)25;1-15(2,13-9-5-3-6-10-13)14-11-7-4-8-12-14;1-3-7-12-10(5-1)9-11-6-2-4-8-13(11)12/h1-18H;3-12H,1-2H3;1-8H,9H2. The molecule has 0 fully saturated rings. The van der Waals surface area contributed by atoms with Crippen LogP contribution in [-0.2, 0) is 17.3 Å². The summed E-state index contributed by atoms with van der Waals surface area (Å²) in [5.74, 6) is 0. The molecule has 0 heterocycles. The Morgan fingerprint density at radius 1 is 0.321 bits per heavy atom. The Balaban J connectivity index is 0.000000122. The highest BCUT2D eigenvalue weighted by Crippen LogP contribution is 2.55. The van der Waals surface area contributed by atoms with Crippen molar-refractivity contribution >= 4 is 0 Å². The van der Waals surface area contributed by atoms with Crippen molar-refractivity contribution in [3.63, 3.8) is 0 Å². The summed E-state index contributed by atoms with van der Waals surface area (Å²) < 4.78 is 0. The van der Waals surface area contributed by atoms with Gasteiger partial charge in [0.05, 0.1) is 5.41 Å². The van der Waals surface area contributed by atoms with Crippen molar-refractivity contribution < 1.29 is 0 Å². The van der Waals surface area contributed by atoms with E-state index in [4.69, 9.17) is 0 Å². The van der Waals surface area contributed by atoms with Crippen molar-refractivity contribution in [1.29, 1.82) is 0 Å². The van der Waals surface area contributed by atoms with Crippen molar-refractivity contribution in [2.24, 2.45) is 0 Å². The molecule has 0 radical (unpaired) electrons. The largest absolute Gasteiger partial charge is 0.0713 e. The van der Waals surface area contributed by atoms with Gasteiger partial charge in [-0.1, -0.05) is 232 Å². The predicted octanol–water partition coefficient (Wildman–Crippen LogP) is 13.3. The first kappa shape index (κ1) is 33.9.